The number of unbranched alkanes of at least 4 members (excludes halogenated alkanes) is 3. The third-order valence-corrected chi connectivity index (χ3v) is 6.51. The molecule has 0 bridgehead atoms. The molecule has 0 aromatic rings. The van der Waals surface area contributed by atoms with Gasteiger partial charge in [-0.05, 0) is 44.9 Å². The molecule has 0 aliphatic rings. The first-order chi connectivity index (χ1) is 21.1. The van der Waals surface area contributed by atoms with E-state index in [-0.39, 0.29) is 12.8 Å². The Morgan fingerprint density at radius 2 is 1.36 bits per heavy atom. The van der Waals surface area contributed by atoms with E-state index in [1.54, 1.807) is 0 Å². The Hall–Kier alpha value is -3.08. The summed E-state index contributed by atoms with van der Waals surface area (Å²) >= 11 is 0. The number of allylic oxidation sites excluding steroid dienone is 12. The van der Waals surface area contributed by atoms with Gasteiger partial charge in [-0.1, -0.05) is 93.2 Å². The number of carbonyl (C=O) groups is 3. The van der Waals surface area contributed by atoms with Gasteiger partial charge in [0.05, 0.1) is 13.2 Å². The van der Waals surface area contributed by atoms with E-state index in [1.807, 2.05) is 73.8 Å². The summed E-state index contributed by atoms with van der Waals surface area (Å²) in [5, 5.41) is 8.80. The maximum atomic E-state index is 12.4. The molecule has 248 valence electrons. The van der Waals surface area contributed by atoms with Crippen LogP contribution in [0.25, 0.3) is 0 Å². The maximum Gasteiger partial charge on any atom is 0.472 e. The lowest BCUT2D eigenvalue weighted by Gasteiger charge is -2.20. The highest BCUT2D eigenvalue weighted by Crippen LogP contribution is 2.43. The lowest BCUT2D eigenvalue weighted by Crippen LogP contribution is -2.34. The standard InChI is InChI=1S/C32H50NO10P/c1-3-5-7-9-11-12-13-14-15-16-18-20-22-24-31(35)43-28(26-41-44(38,39)42-27-29(33)32(36)37)25-40-30(34)23-21-19-17-10-8-6-4-2/h5-9,11-15,17,19,28-29H,3-4,10,16,18,20-27,33H2,1-2H3,(H,36,37)(H,38,39)/b7-5+,8-6+,11-9+,13-12+,15-14+,19-17+/t28?,29-/m0/s1. The second-order valence-corrected chi connectivity index (χ2v) is 11.0. The van der Waals surface area contributed by atoms with Gasteiger partial charge < -0.3 is 25.2 Å². The van der Waals surface area contributed by atoms with Crippen LogP contribution in [-0.4, -0.2) is 59.9 Å². The molecule has 0 heterocycles. The highest BCUT2D eigenvalue weighted by Gasteiger charge is 2.28. The first-order valence-corrected chi connectivity index (χ1v) is 16.5. The number of carbonyl (C=O) groups excluding carboxylic acids is 2. The van der Waals surface area contributed by atoms with Crippen molar-refractivity contribution in [3.05, 3.63) is 72.9 Å². The Morgan fingerprint density at radius 1 is 0.727 bits per heavy atom. The summed E-state index contributed by atoms with van der Waals surface area (Å²) < 4.78 is 32.1. The lowest BCUT2D eigenvalue weighted by atomic mass is 10.1. The first kappa shape index (κ1) is 40.9. The molecule has 0 aromatic carbocycles. The van der Waals surface area contributed by atoms with Crippen molar-refractivity contribution in [1.29, 1.82) is 0 Å². The number of phosphoric acid groups is 1. The van der Waals surface area contributed by atoms with Crippen molar-refractivity contribution in [2.45, 2.75) is 90.2 Å². The number of rotatable bonds is 26. The minimum atomic E-state index is -4.72. The van der Waals surface area contributed by atoms with Crippen LogP contribution in [0.5, 0.6) is 0 Å². The number of phosphoric ester groups is 1. The van der Waals surface area contributed by atoms with E-state index in [2.05, 4.69) is 17.5 Å². The van der Waals surface area contributed by atoms with Gasteiger partial charge in [0.15, 0.2) is 6.10 Å². The summed E-state index contributed by atoms with van der Waals surface area (Å²) in [6, 6.07) is -1.53. The SMILES string of the molecule is CC/C=C/C=C/C=C/C=C/CCCCCC(=O)OC(COC(=O)CC/C=C/C/C=C/CC)COP(=O)(O)OC[C@H](N)C(=O)O. The molecule has 0 rings (SSSR count). The van der Waals surface area contributed by atoms with Gasteiger partial charge in [0, 0.05) is 12.8 Å². The summed E-state index contributed by atoms with van der Waals surface area (Å²) in [5.41, 5.74) is 5.27. The van der Waals surface area contributed by atoms with Gasteiger partial charge in [0.1, 0.15) is 12.6 Å². The summed E-state index contributed by atoms with van der Waals surface area (Å²) in [6.07, 6.45) is 29.0. The second kappa shape index (κ2) is 27.5. The van der Waals surface area contributed by atoms with Crippen molar-refractivity contribution < 1.29 is 47.5 Å². The van der Waals surface area contributed by atoms with Gasteiger partial charge in [-0.25, -0.2) is 4.57 Å². The van der Waals surface area contributed by atoms with Crippen LogP contribution >= 0.6 is 7.82 Å². The average molecular weight is 640 g/mol. The number of ether oxygens (including phenoxy) is 2. The summed E-state index contributed by atoms with van der Waals surface area (Å²) in [7, 11) is -4.72. The molecule has 12 heteroatoms. The minimum absolute atomic E-state index is 0.0986. The molecule has 44 heavy (non-hydrogen) atoms. The van der Waals surface area contributed by atoms with E-state index in [1.165, 1.54) is 0 Å². The van der Waals surface area contributed by atoms with E-state index in [0.717, 1.165) is 38.5 Å². The molecule has 11 nitrogen and oxygen atoms in total. The topological polar surface area (TPSA) is 172 Å². The zero-order valence-corrected chi connectivity index (χ0v) is 26.9. The average Bonchev–Trinajstić information content (AvgIpc) is 2.99. The molecule has 3 atom stereocenters. The van der Waals surface area contributed by atoms with Crippen molar-refractivity contribution in [1.82, 2.24) is 0 Å². The van der Waals surface area contributed by atoms with Crippen molar-refractivity contribution in [2.75, 3.05) is 19.8 Å². The third kappa shape index (κ3) is 26.5. The van der Waals surface area contributed by atoms with E-state index in [9.17, 15) is 23.8 Å². The fourth-order valence-corrected chi connectivity index (χ4v) is 3.97. The Labute approximate surface area is 261 Å². The number of aliphatic carboxylic acids is 1. The van der Waals surface area contributed by atoms with Gasteiger partial charge in [-0.2, -0.15) is 0 Å². The number of hydrogen-bond acceptors (Lipinski definition) is 9. The van der Waals surface area contributed by atoms with Crippen LogP contribution in [0, 0.1) is 0 Å². The van der Waals surface area contributed by atoms with Gasteiger partial charge in [-0.15, -0.1) is 0 Å². The summed E-state index contributed by atoms with van der Waals surface area (Å²) in [4.78, 5) is 45.2. The number of carboxylic acid groups (broad SMARTS) is 1. The third-order valence-electron chi connectivity index (χ3n) is 5.56. The summed E-state index contributed by atoms with van der Waals surface area (Å²) in [6.45, 7) is 2.32. The van der Waals surface area contributed by atoms with Crippen LogP contribution in [0.3, 0.4) is 0 Å². The number of esters is 2. The van der Waals surface area contributed by atoms with E-state index in [0.29, 0.717) is 12.8 Å². The molecule has 0 aliphatic carbocycles. The predicted molar refractivity (Wildman–Crippen MR) is 171 cm³/mol. The highest BCUT2D eigenvalue weighted by atomic mass is 31.2. The minimum Gasteiger partial charge on any atom is -0.480 e. The molecule has 2 unspecified atom stereocenters. The van der Waals surface area contributed by atoms with Crippen molar-refractivity contribution in [3.63, 3.8) is 0 Å². The Morgan fingerprint density at radius 3 is 2.05 bits per heavy atom. The molecular weight excluding hydrogens is 589 g/mol. The maximum absolute atomic E-state index is 12.4. The van der Waals surface area contributed by atoms with Gasteiger partial charge in [0.2, 0.25) is 0 Å². The Kier molecular flexibility index (Phi) is 25.5. The monoisotopic (exact) mass is 639 g/mol. The Balaban J connectivity index is 4.71. The largest absolute Gasteiger partial charge is 0.480 e. The van der Waals surface area contributed by atoms with Gasteiger partial charge in [0.25, 0.3) is 0 Å². The second-order valence-electron chi connectivity index (χ2n) is 9.56. The molecule has 0 saturated carbocycles. The zero-order valence-electron chi connectivity index (χ0n) is 26.0. The molecule has 0 fully saturated rings. The quantitative estimate of drug-likeness (QED) is 0.0320. The molecular formula is C32H50NO10P. The molecule has 4 N–H and O–H groups in total. The van der Waals surface area contributed by atoms with Crippen LogP contribution in [-0.2, 0) is 37.5 Å². The van der Waals surface area contributed by atoms with Crippen molar-refractivity contribution >= 4 is 25.7 Å². The van der Waals surface area contributed by atoms with Crippen molar-refractivity contribution in [3.8, 4) is 0 Å². The molecule has 0 amide bonds. The smallest absolute Gasteiger partial charge is 0.472 e. The van der Waals surface area contributed by atoms with Crippen LogP contribution in [0.15, 0.2) is 72.9 Å². The van der Waals surface area contributed by atoms with Crippen LogP contribution in [0.1, 0.15) is 78.1 Å². The fourth-order valence-electron chi connectivity index (χ4n) is 3.19. The Bertz CT molecular complexity index is 1030. The normalized spacial score (nSPS) is 15.2. The van der Waals surface area contributed by atoms with Gasteiger partial charge >= 0.3 is 25.7 Å². The van der Waals surface area contributed by atoms with E-state index >= 15 is 0 Å². The van der Waals surface area contributed by atoms with E-state index in [4.69, 9.17) is 24.8 Å². The van der Waals surface area contributed by atoms with Crippen LogP contribution in [0.2, 0.25) is 0 Å². The van der Waals surface area contributed by atoms with Crippen LogP contribution in [0.4, 0.5) is 0 Å². The van der Waals surface area contributed by atoms with Crippen molar-refractivity contribution in [2.24, 2.45) is 5.73 Å². The van der Waals surface area contributed by atoms with E-state index < -0.39 is 57.7 Å². The first-order valence-electron chi connectivity index (χ1n) is 15.0. The van der Waals surface area contributed by atoms with Gasteiger partial charge in [-0.3, -0.25) is 23.4 Å². The number of carboxylic acids is 1. The highest BCUT2D eigenvalue weighted by molar-refractivity contribution is 7.47. The zero-order chi connectivity index (χ0) is 32.9. The molecule has 0 saturated heterocycles. The lowest BCUT2D eigenvalue weighted by molar-refractivity contribution is -0.161. The fraction of sp³-hybridized carbons (Fsp3) is 0.531. The summed E-state index contributed by atoms with van der Waals surface area (Å²) in [5.74, 6) is -2.54. The number of nitrogens with two attached hydrogens (primary N) is 1. The molecule has 0 spiro atoms. The molecule has 0 aromatic heterocycles. The molecule has 0 aliphatic heterocycles. The molecule has 0 radical (unpaired) electrons. The number of hydrogen-bond donors (Lipinski definition) is 3. The van der Waals surface area contributed by atoms with Crippen LogP contribution < -0.4 is 5.73 Å². The predicted octanol–water partition coefficient (Wildman–Crippen LogP) is 6.26.